The molecule has 0 amide bonds. The second-order valence-electron chi connectivity index (χ2n) is 19.0. The molecule has 75 heavy (non-hydrogen) atoms. The molecule has 6 aromatic heterocycles. The van der Waals surface area contributed by atoms with Crippen molar-refractivity contribution < 1.29 is 18.3 Å². The predicted molar refractivity (Wildman–Crippen MR) is 291 cm³/mol. The van der Waals surface area contributed by atoms with Crippen LogP contribution < -0.4 is 20.1 Å². The number of methoxy groups -OCH3 is 2. The zero-order chi connectivity index (χ0) is 51.4. The van der Waals surface area contributed by atoms with Crippen LogP contribution in [0.3, 0.4) is 0 Å². The summed E-state index contributed by atoms with van der Waals surface area (Å²) in [6.45, 7) is 7.48. The van der Waals surface area contributed by atoms with Gasteiger partial charge in [0.1, 0.15) is 34.8 Å². The van der Waals surface area contributed by atoms with Crippen molar-refractivity contribution in [1.29, 1.82) is 0 Å². The Labute approximate surface area is 434 Å². The van der Waals surface area contributed by atoms with Crippen LogP contribution in [0.15, 0.2) is 134 Å². The van der Waals surface area contributed by atoms with Gasteiger partial charge in [0.05, 0.1) is 71.5 Å². The molecule has 0 fully saturated rings. The van der Waals surface area contributed by atoms with Crippen LogP contribution in [0, 0.1) is 11.6 Å². The van der Waals surface area contributed by atoms with Gasteiger partial charge in [-0.1, -0.05) is 32.4 Å². The molecular formula is C59H60F2N12O2. The van der Waals surface area contributed by atoms with E-state index < -0.39 is 0 Å². The smallest absolute Gasteiger partial charge is 0.223 e. The van der Waals surface area contributed by atoms with Crippen LogP contribution in [0.25, 0.3) is 67.1 Å². The molecule has 2 N–H and O–H groups in total. The first kappa shape index (κ1) is 48.8. The fourth-order valence-electron chi connectivity index (χ4n) is 10.7. The minimum absolute atomic E-state index is 0.190. The number of halogens is 2. The number of nitrogens with zero attached hydrogens (tertiary/aromatic N) is 10. The third-order valence-electron chi connectivity index (χ3n) is 14.3. The zero-order valence-electron chi connectivity index (χ0n) is 42.7. The van der Waals surface area contributed by atoms with Crippen LogP contribution in [0.1, 0.15) is 69.7 Å². The van der Waals surface area contributed by atoms with E-state index in [-0.39, 0.29) is 23.7 Å². The molecule has 2 atom stereocenters. The third kappa shape index (κ3) is 9.79. The lowest BCUT2D eigenvalue weighted by atomic mass is 10.1. The van der Waals surface area contributed by atoms with Gasteiger partial charge in [0, 0.05) is 85.7 Å². The normalized spacial score (nSPS) is 14.7. The number of anilines is 2. The Morgan fingerprint density at radius 3 is 1.45 bits per heavy atom. The highest BCUT2D eigenvalue weighted by molar-refractivity contribution is 5.87. The summed E-state index contributed by atoms with van der Waals surface area (Å²) < 4.78 is 47.9. The van der Waals surface area contributed by atoms with Crippen molar-refractivity contribution in [2.75, 3.05) is 37.9 Å². The monoisotopic (exact) mass is 1010 g/mol. The van der Waals surface area contributed by atoms with Crippen molar-refractivity contribution in [3.8, 4) is 56.8 Å². The van der Waals surface area contributed by atoms with E-state index in [1.54, 1.807) is 50.9 Å². The first-order valence-corrected chi connectivity index (χ1v) is 25.9. The van der Waals surface area contributed by atoms with Gasteiger partial charge in [0.25, 0.3) is 0 Å². The van der Waals surface area contributed by atoms with Crippen molar-refractivity contribution in [3.05, 3.63) is 157 Å². The Morgan fingerprint density at radius 1 is 0.547 bits per heavy atom. The molecule has 2 aliphatic rings. The molecule has 0 saturated carbocycles. The van der Waals surface area contributed by atoms with Crippen LogP contribution in [0.4, 0.5) is 20.7 Å². The lowest BCUT2D eigenvalue weighted by Gasteiger charge is -2.19. The van der Waals surface area contributed by atoms with E-state index >= 15 is 0 Å². The fraction of sp³-hybridized carbons (Fsp3) is 0.288. The Bertz CT molecular complexity index is 3600. The maximum absolute atomic E-state index is 13.8. The lowest BCUT2D eigenvalue weighted by Crippen LogP contribution is -2.14. The largest absolute Gasteiger partial charge is 0.496 e. The van der Waals surface area contributed by atoms with Gasteiger partial charge in [-0.2, -0.15) is 0 Å². The Morgan fingerprint density at radius 2 is 1.01 bits per heavy atom. The second kappa shape index (κ2) is 21.6. The molecule has 382 valence electrons. The van der Waals surface area contributed by atoms with Crippen molar-refractivity contribution in [2.24, 2.45) is 0 Å². The highest BCUT2D eigenvalue weighted by Crippen LogP contribution is 2.43. The van der Waals surface area contributed by atoms with Gasteiger partial charge in [0.15, 0.2) is 0 Å². The summed E-state index contributed by atoms with van der Waals surface area (Å²) in [6, 6.07) is 33.8. The lowest BCUT2D eigenvalue weighted by molar-refractivity contribution is 0.419. The number of unbranched alkanes of at least 4 members (excludes halogenated alkanes) is 1. The van der Waals surface area contributed by atoms with Crippen LogP contribution in [-0.4, -0.2) is 75.5 Å². The molecular weight excluding hydrogens is 947 g/mol. The van der Waals surface area contributed by atoms with E-state index in [1.165, 1.54) is 24.3 Å². The van der Waals surface area contributed by atoms with Gasteiger partial charge in [-0.15, -0.1) is 0 Å². The summed E-state index contributed by atoms with van der Waals surface area (Å²) in [4.78, 5) is 28.7. The van der Waals surface area contributed by atoms with Crippen LogP contribution >= 0.6 is 0 Å². The topological polar surface area (TPSA) is 140 Å². The molecule has 2 aliphatic heterocycles. The van der Waals surface area contributed by atoms with Gasteiger partial charge in [-0.05, 0) is 123 Å². The summed E-state index contributed by atoms with van der Waals surface area (Å²) in [5.74, 6) is 4.47. The summed E-state index contributed by atoms with van der Waals surface area (Å²) in [5, 5.41) is 8.84. The van der Waals surface area contributed by atoms with Gasteiger partial charge >= 0.3 is 0 Å². The van der Waals surface area contributed by atoms with E-state index in [9.17, 15) is 8.78 Å². The van der Waals surface area contributed by atoms with Crippen LogP contribution in [0.5, 0.6) is 11.5 Å². The van der Waals surface area contributed by atoms with E-state index in [0.29, 0.717) is 11.9 Å². The average molecular weight is 1010 g/mol. The SMILES string of the molecule is CCCCNc1nccc(-c2c(-c3ccc(F)cc3)nc3n2[C@H](Cn2ccc4c(OC)cccc42)CC3)n1.CCCNc1nccc(-c2c(-c3ccc(F)cc3)nc3n2[C@H](Cn2ccc4c(OC)cccc42)CC3)n1. The molecule has 0 radical (unpaired) electrons. The fourth-order valence-corrected chi connectivity index (χ4v) is 10.7. The molecule has 0 saturated heterocycles. The molecule has 16 heteroatoms. The molecule has 8 heterocycles. The van der Waals surface area contributed by atoms with Gasteiger partial charge in [-0.25, -0.2) is 38.7 Å². The number of ether oxygens (including phenoxy) is 2. The molecule has 0 spiro atoms. The summed E-state index contributed by atoms with van der Waals surface area (Å²) in [5.41, 5.74) is 9.17. The number of hydrogen-bond donors (Lipinski definition) is 2. The third-order valence-corrected chi connectivity index (χ3v) is 14.3. The van der Waals surface area contributed by atoms with E-state index in [2.05, 4.69) is 89.4 Å². The number of hydrogen-bond acceptors (Lipinski definition) is 10. The molecule has 0 unspecified atom stereocenters. The number of nitrogens with one attached hydrogen (secondary N) is 2. The summed E-state index contributed by atoms with van der Waals surface area (Å²) in [6.07, 6.45) is 14.7. The highest BCUT2D eigenvalue weighted by atomic mass is 19.1. The quantitative estimate of drug-likeness (QED) is 0.0847. The minimum atomic E-state index is -0.266. The summed E-state index contributed by atoms with van der Waals surface area (Å²) >= 11 is 0. The van der Waals surface area contributed by atoms with Crippen LogP contribution in [-0.2, 0) is 25.9 Å². The maximum atomic E-state index is 13.8. The van der Waals surface area contributed by atoms with Crippen molar-refractivity contribution in [2.45, 2.75) is 84.0 Å². The van der Waals surface area contributed by atoms with E-state index in [4.69, 9.17) is 29.4 Å². The zero-order valence-corrected chi connectivity index (χ0v) is 42.7. The Kier molecular flexibility index (Phi) is 14.1. The number of rotatable bonds is 17. The number of aromatic nitrogens is 10. The van der Waals surface area contributed by atoms with Gasteiger partial charge < -0.3 is 38.4 Å². The maximum Gasteiger partial charge on any atom is 0.223 e. The average Bonchev–Trinajstić information content (AvgIpc) is 4.33. The molecule has 0 bridgehead atoms. The van der Waals surface area contributed by atoms with Crippen molar-refractivity contribution >= 4 is 33.7 Å². The molecule has 10 aromatic rings. The Hall–Kier alpha value is -8.40. The molecule has 4 aromatic carbocycles. The number of fused-ring (bicyclic) bond motifs is 4. The molecule has 0 aliphatic carbocycles. The predicted octanol–water partition coefficient (Wildman–Crippen LogP) is 12.6. The van der Waals surface area contributed by atoms with Gasteiger partial charge in [0.2, 0.25) is 11.9 Å². The first-order valence-electron chi connectivity index (χ1n) is 25.9. The summed E-state index contributed by atoms with van der Waals surface area (Å²) in [7, 11) is 3.41. The second-order valence-corrected chi connectivity index (χ2v) is 19.0. The standard InChI is InChI=1S/C30H31FN6O.C29H29FN6O/c1-3-4-16-32-30-33-17-14-24(34-30)29-28(20-8-10-21(31)11-9-20)35-27-13-12-22(37(27)29)19-36-18-15-23-25(36)6-5-7-26(23)38-2;1-3-15-31-29-32-16-13-23(33-29)28-27(19-7-9-20(30)10-8-19)34-26-12-11-21(36(26)28)18-35-17-14-22-24(35)5-4-6-25(22)37-2/h5-11,14-15,17-18,22H,3-4,12-13,16,19H2,1-2H3,(H,32,33,34);4-10,13-14,16-17,21H,3,11-12,15,18H2,1-2H3,(H,31,32,33)/t22-;21-/m00/s1. The highest BCUT2D eigenvalue weighted by Gasteiger charge is 2.33. The first-order chi connectivity index (χ1) is 36.8. The van der Waals surface area contributed by atoms with E-state index in [0.717, 1.165) is 161 Å². The minimum Gasteiger partial charge on any atom is -0.496 e. The number of aryl methyl sites for hydroxylation is 2. The van der Waals surface area contributed by atoms with Gasteiger partial charge in [-0.3, -0.25) is 0 Å². The molecule has 14 nitrogen and oxygen atoms in total. The Balaban J connectivity index is 0.000000161. The van der Waals surface area contributed by atoms with Crippen molar-refractivity contribution in [3.63, 3.8) is 0 Å². The van der Waals surface area contributed by atoms with Crippen molar-refractivity contribution in [1.82, 2.24) is 48.2 Å². The molecule has 12 rings (SSSR count). The van der Waals surface area contributed by atoms with Crippen LogP contribution in [0.2, 0.25) is 0 Å². The number of benzene rings is 4. The number of imidazole rings is 2. The van der Waals surface area contributed by atoms with E-state index in [1.807, 2.05) is 36.4 Å².